The maximum Gasteiger partial charge on any atom is 0.319 e. The molecule has 0 aliphatic carbocycles. The first kappa shape index (κ1) is 10.8. The summed E-state index contributed by atoms with van der Waals surface area (Å²) in [6.07, 6.45) is 1.61. The fourth-order valence-electron chi connectivity index (χ4n) is 1.09. The summed E-state index contributed by atoms with van der Waals surface area (Å²) in [6, 6.07) is 3.70. The van der Waals surface area contributed by atoms with E-state index in [0.717, 1.165) is 5.76 Å². The third kappa shape index (κ3) is 3.22. The van der Waals surface area contributed by atoms with Gasteiger partial charge >= 0.3 is 5.97 Å². The number of furan rings is 1. The zero-order valence-corrected chi connectivity index (χ0v) is 8.45. The van der Waals surface area contributed by atoms with E-state index in [1.54, 1.807) is 13.2 Å². The molecule has 0 fully saturated rings. The first-order valence-corrected chi connectivity index (χ1v) is 4.66. The van der Waals surface area contributed by atoms with E-state index >= 15 is 0 Å². The number of carbonyl (C=O) groups excluding carboxylic acids is 1. The topological polar surface area (TPSA) is 51.5 Å². The van der Waals surface area contributed by atoms with Crippen LogP contribution in [0.4, 0.5) is 0 Å². The molecule has 4 nitrogen and oxygen atoms in total. The van der Waals surface area contributed by atoms with E-state index in [-0.39, 0.29) is 18.6 Å². The van der Waals surface area contributed by atoms with E-state index in [1.165, 1.54) is 0 Å². The standard InChI is InChI=1S/C10H15NO3/c1-3-13-10(12)7-11-8(2)9-5-4-6-14-9/h4-6,8,11H,3,7H2,1-2H3. The molecule has 1 aromatic rings. The molecule has 1 N–H and O–H groups in total. The van der Waals surface area contributed by atoms with Crippen molar-refractivity contribution in [3.63, 3.8) is 0 Å². The molecular weight excluding hydrogens is 182 g/mol. The number of hydrogen-bond donors (Lipinski definition) is 1. The third-order valence-corrected chi connectivity index (χ3v) is 1.83. The minimum Gasteiger partial charge on any atom is -0.468 e. The zero-order valence-electron chi connectivity index (χ0n) is 8.45. The number of esters is 1. The molecule has 0 spiro atoms. The smallest absolute Gasteiger partial charge is 0.319 e. The fourth-order valence-corrected chi connectivity index (χ4v) is 1.09. The van der Waals surface area contributed by atoms with Crippen molar-refractivity contribution >= 4 is 5.97 Å². The number of rotatable bonds is 5. The van der Waals surface area contributed by atoms with Gasteiger partial charge in [0, 0.05) is 0 Å². The quantitative estimate of drug-likeness (QED) is 0.727. The number of carbonyl (C=O) groups is 1. The third-order valence-electron chi connectivity index (χ3n) is 1.83. The molecule has 0 aliphatic rings. The highest BCUT2D eigenvalue weighted by atomic mass is 16.5. The second-order valence-electron chi connectivity index (χ2n) is 2.92. The Hall–Kier alpha value is -1.29. The summed E-state index contributed by atoms with van der Waals surface area (Å²) in [5, 5.41) is 3.00. The van der Waals surface area contributed by atoms with Crippen LogP contribution in [0.15, 0.2) is 22.8 Å². The Balaban J connectivity index is 2.28. The van der Waals surface area contributed by atoms with Gasteiger partial charge in [-0.1, -0.05) is 0 Å². The van der Waals surface area contributed by atoms with Gasteiger partial charge in [-0.25, -0.2) is 0 Å². The second-order valence-corrected chi connectivity index (χ2v) is 2.92. The van der Waals surface area contributed by atoms with Crippen LogP contribution < -0.4 is 5.32 Å². The molecule has 1 rings (SSSR count). The van der Waals surface area contributed by atoms with Crippen LogP contribution in [0.2, 0.25) is 0 Å². The van der Waals surface area contributed by atoms with Crippen LogP contribution in [-0.4, -0.2) is 19.1 Å². The van der Waals surface area contributed by atoms with Gasteiger partial charge in [-0.15, -0.1) is 0 Å². The largest absolute Gasteiger partial charge is 0.468 e. The number of nitrogens with one attached hydrogen (secondary N) is 1. The lowest BCUT2D eigenvalue weighted by atomic mass is 10.2. The summed E-state index contributed by atoms with van der Waals surface area (Å²) in [5.41, 5.74) is 0. The molecule has 1 unspecified atom stereocenters. The Morgan fingerprint density at radius 1 is 1.71 bits per heavy atom. The van der Waals surface area contributed by atoms with Crippen molar-refractivity contribution in [2.75, 3.05) is 13.2 Å². The Kier molecular flexibility index (Phi) is 4.19. The van der Waals surface area contributed by atoms with Gasteiger partial charge in [0.2, 0.25) is 0 Å². The molecule has 4 heteroatoms. The molecule has 0 saturated carbocycles. The number of ether oxygens (including phenoxy) is 1. The van der Waals surface area contributed by atoms with Crippen LogP contribution in [0.5, 0.6) is 0 Å². The maximum atomic E-state index is 11.0. The summed E-state index contributed by atoms with van der Waals surface area (Å²) >= 11 is 0. The predicted octanol–water partition coefficient (Wildman–Crippen LogP) is 1.49. The zero-order chi connectivity index (χ0) is 10.4. The first-order valence-electron chi connectivity index (χ1n) is 4.66. The van der Waals surface area contributed by atoms with E-state index in [9.17, 15) is 4.79 Å². The van der Waals surface area contributed by atoms with Crippen molar-refractivity contribution in [2.24, 2.45) is 0 Å². The van der Waals surface area contributed by atoms with Crippen molar-refractivity contribution in [2.45, 2.75) is 19.9 Å². The lowest BCUT2D eigenvalue weighted by molar-refractivity contribution is -0.142. The Bertz CT molecular complexity index is 269. The lowest BCUT2D eigenvalue weighted by Crippen LogP contribution is -2.27. The predicted molar refractivity (Wildman–Crippen MR) is 51.8 cm³/mol. The second kappa shape index (κ2) is 5.44. The van der Waals surface area contributed by atoms with Crippen LogP contribution >= 0.6 is 0 Å². The molecular formula is C10H15NO3. The molecule has 0 bridgehead atoms. The van der Waals surface area contributed by atoms with E-state index in [0.29, 0.717) is 6.61 Å². The normalized spacial score (nSPS) is 12.4. The van der Waals surface area contributed by atoms with Gasteiger partial charge in [0.15, 0.2) is 0 Å². The van der Waals surface area contributed by atoms with Gasteiger partial charge in [0.1, 0.15) is 5.76 Å². The van der Waals surface area contributed by atoms with E-state index in [4.69, 9.17) is 9.15 Å². The molecule has 0 aromatic carbocycles. The Morgan fingerprint density at radius 2 is 2.50 bits per heavy atom. The highest BCUT2D eigenvalue weighted by Gasteiger charge is 2.09. The van der Waals surface area contributed by atoms with Crippen molar-refractivity contribution in [1.82, 2.24) is 5.32 Å². The van der Waals surface area contributed by atoms with E-state index in [1.807, 2.05) is 19.1 Å². The van der Waals surface area contributed by atoms with Gasteiger partial charge in [0.25, 0.3) is 0 Å². The van der Waals surface area contributed by atoms with Crippen molar-refractivity contribution in [3.05, 3.63) is 24.2 Å². The monoisotopic (exact) mass is 197 g/mol. The van der Waals surface area contributed by atoms with E-state index in [2.05, 4.69) is 5.32 Å². The summed E-state index contributed by atoms with van der Waals surface area (Å²) < 4.78 is 9.95. The van der Waals surface area contributed by atoms with Crippen LogP contribution in [0.25, 0.3) is 0 Å². The Labute approximate surface area is 83.2 Å². The van der Waals surface area contributed by atoms with Gasteiger partial charge < -0.3 is 9.15 Å². The SMILES string of the molecule is CCOC(=O)CNC(C)c1ccco1. The van der Waals surface area contributed by atoms with Gasteiger partial charge in [-0.2, -0.15) is 0 Å². The van der Waals surface area contributed by atoms with Gasteiger partial charge in [0.05, 0.1) is 25.5 Å². The molecule has 1 heterocycles. The molecule has 0 aliphatic heterocycles. The van der Waals surface area contributed by atoms with E-state index < -0.39 is 0 Å². The van der Waals surface area contributed by atoms with Crippen molar-refractivity contribution < 1.29 is 13.9 Å². The molecule has 1 aromatic heterocycles. The minimum absolute atomic E-state index is 0.0226. The number of hydrogen-bond acceptors (Lipinski definition) is 4. The average molecular weight is 197 g/mol. The van der Waals surface area contributed by atoms with Crippen LogP contribution in [0.1, 0.15) is 25.6 Å². The summed E-state index contributed by atoms with van der Waals surface area (Å²) in [5.74, 6) is 0.570. The highest BCUT2D eigenvalue weighted by molar-refractivity contribution is 5.71. The van der Waals surface area contributed by atoms with Crippen LogP contribution in [-0.2, 0) is 9.53 Å². The maximum absolute atomic E-state index is 11.0. The fraction of sp³-hybridized carbons (Fsp3) is 0.500. The van der Waals surface area contributed by atoms with Gasteiger partial charge in [-0.3, -0.25) is 10.1 Å². The molecule has 78 valence electrons. The molecule has 0 radical (unpaired) electrons. The van der Waals surface area contributed by atoms with Crippen molar-refractivity contribution in [1.29, 1.82) is 0 Å². The molecule has 0 amide bonds. The average Bonchev–Trinajstić information content (AvgIpc) is 2.67. The minimum atomic E-state index is -0.245. The highest BCUT2D eigenvalue weighted by Crippen LogP contribution is 2.11. The van der Waals surface area contributed by atoms with Crippen LogP contribution in [0.3, 0.4) is 0 Å². The summed E-state index contributed by atoms with van der Waals surface area (Å²) in [7, 11) is 0. The van der Waals surface area contributed by atoms with Gasteiger partial charge in [-0.05, 0) is 26.0 Å². The summed E-state index contributed by atoms with van der Waals surface area (Å²) in [4.78, 5) is 11.0. The Morgan fingerprint density at radius 3 is 3.07 bits per heavy atom. The summed E-state index contributed by atoms with van der Waals surface area (Å²) in [6.45, 7) is 4.33. The lowest BCUT2D eigenvalue weighted by Gasteiger charge is -2.09. The molecule has 14 heavy (non-hydrogen) atoms. The van der Waals surface area contributed by atoms with Crippen molar-refractivity contribution in [3.8, 4) is 0 Å². The van der Waals surface area contributed by atoms with Crippen LogP contribution in [0, 0.1) is 0 Å². The molecule has 0 saturated heterocycles. The molecule has 1 atom stereocenters. The first-order chi connectivity index (χ1) is 6.74.